The first kappa shape index (κ1) is 18.6. The molecule has 0 bridgehead atoms. The summed E-state index contributed by atoms with van der Waals surface area (Å²) < 4.78 is 5.47. The number of carboxylic acid groups (broad SMARTS) is 1. The van der Waals surface area contributed by atoms with Gasteiger partial charge in [0.1, 0.15) is 6.54 Å². The Bertz CT molecular complexity index is 861. The molecule has 27 heavy (non-hydrogen) atoms. The lowest BCUT2D eigenvalue weighted by atomic mass is 9.97. The molecular formula is C20H20N2O5. The maximum atomic E-state index is 12.6. The number of nitrogens with one attached hydrogen (secondary N) is 2. The number of amides is 2. The zero-order valence-corrected chi connectivity index (χ0v) is 14.7. The lowest BCUT2D eigenvalue weighted by Gasteiger charge is -2.19. The number of rotatable bonds is 6. The Balaban J connectivity index is 1.62. The van der Waals surface area contributed by atoms with E-state index in [-0.39, 0.29) is 18.2 Å². The SMILES string of the molecule is O=C(O)CNC(=O)Cc1ccc(NC(=O)c2cccc3c2COCC3)cc1. The van der Waals surface area contributed by atoms with Crippen LogP contribution in [0, 0.1) is 0 Å². The minimum Gasteiger partial charge on any atom is -0.480 e. The number of aliphatic carboxylic acids is 1. The summed E-state index contributed by atoms with van der Waals surface area (Å²) in [6, 6.07) is 12.5. The third-order valence-electron chi connectivity index (χ3n) is 4.29. The molecule has 0 atom stereocenters. The number of carbonyl (C=O) groups is 3. The largest absolute Gasteiger partial charge is 0.480 e. The van der Waals surface area contributed by atoms with Gasteiger partial charge < -0.3 is 20.5 Å². The van der Waals surface area contributed by atoms with Crippen LogP contribution in [-0.2, 0) is 33.8 Å². The van der Waals surface area contributed by atoms with Gasteiger partial charge in [0, 0.05) is 11.3 Å². The Labute approximate surface area is 156 Å². The molecule has 0 aliphatic carbocycles. The Morgan fingerprint density at radius 2 is 1.85 bits per heavy atom. The molecule has 2 aromatic carbocycles. The molecule has 0 fully saturated rings. The van der Waals surface area contributed by atoms with Crippen LogP contribution in [0.3, 0.4) is 0 Å². The van der Waals surface area contributed by atoms with Crippen LogP contribution in [0.5, 0.6) is 0 Å². The van der Waals surface area contributed by atoms with Crippen LogP contribution in [0.25, 0.3) is 0 Å². The van der Waals surface area contributed by atoms with Crippen molar-refractivity contribution in [3.8, 4) is 0 Å². The number of hydrogen-bond acceptors (Lipinski definition) is 4. The predicted octanol–water partition coefficient (Wildman–Crippen LogP) is 1.75. The molecule has 3 rings (SSSR count). The second-order valence-corrected chi connectivity index (χ2v) is 6.24. The van der Waals surface area contributed by atoms with Gasteiger partial charge in [0.05, 0.1) is 19.6 Å². The summed E-state index contributed by atoms with van der Waals surface area (Å²) in [4.78, 5) is 34.7. The van der Waals surface area contributed by atoms with Crippen LogP contribution in [0.2, 0.25) is 0 Å². The number of hydrogen-bond donors (Lipinski definition) is 3. The third-order valence-corrected chi connectivity index (χ3v) is 4.29. The van der Waals surface area contributed by atoms with Gasteiger partial charge in [-0.2, -0.15) is 0 Å². The molecule has 1 heterocycles. The standard InChI is InChI=1S/C20H20N2O5/c23-18(21-11-19(24)25)10-13-4-6-15(7-5-13)22-20(26)16-3-1-2-14-8-9-27-12-17(14)16/h1-7H,8-12H2,(H,21,23)(H,22,26)(H,24,25). The van der Waals surface area contributed by atoms with Gasteiger partial charge in [-0.1, -0.05) is 24.3 Å². The number of carbonyl (C=O) groups excluding carboxylic acids is 2. The Kier molecular flexibility index (Phi) is 5.83. The first-order chi connectivity index (χ1) is 13.0. The lowest BCUT2D eigenvalue weighted by molar-refractivity contribution is -0.137. The van der Waals surface area contributed by atoms with Crippen LogP contribution in [0.1, 0.15) is 27.0 Å². The normalized spacial score (nSPS) is 12.7. The van der Waals surface area contributed by atoms with E-state index >= 15 is 0 Å². The maximum absolute atomic E-state index is 12.6. The molecule has 3 N–H and O–H groups in total. The fourth-order valence-corrected chi connectivity index (χ4v) is 2.93. The molecule has 2 amide bonds. The van der Waals surface area contributed by atoms with Crippen molar-refractivity contribution >= 4 is 23.5 Å². The Hall–Kier alpha value is -3.19. The van der Waals surface area contributed by atoms with E-state index in [0.717, 1.165) is 23.1 Å². The van der Waals surface area contributed by atoms with Crippen LogP contribution in [-0.4, -0.2) is 36.0 Å². The van der Waals surface area contributed by atoms with Crippen molar-refractivity contribution in [2.45, 2.75) is 19.4 Å². The highest BCUT2D eigenvalue weighted by Crippen LogP contribution is 2.22. The van der Waals surface area contributed by atoms with Gasteiger partial charge in [0.2, 0.25) is 5.91 Å². The molecule has 1 aliphatic heterocycles. The van der Waals surface area contributed by atoms with Crippen molar-refractivity contribution in [1.82, 2.24) is 5.32 Å². The highest BCUT2D eigenvalue weighted by atomic mass is 16.5. The molecule has 0 radical (unpaired) electrons. The van der Waals surface area contributed by atoms with Gasteiger partial charge in [-0.25, -0.2) is 0 Å². The van der Waals surface area contributed by atoms with Crippen molar-refractivity contribution < 1.29 is 24.2 Å². The molecule has 2 aromatic rings. The lowest BCUT2D eigenvalue weighted by Crippen LogP contribution is -2.30. The highest BCUT2D eigenvalue weighted by Gasteiger charge is 2.18. The summed E-state index contributed by atoms with van der Waals surface area (Å²) in [6.07, 6.45) is 0.875. The zero-order valence-electron chi connectivity index (χ0n) is 14.7. The molecule has 0 aromatic heterocycles. The number of ether oxygens (including phenoxy) is 1. The zero-order chi connectivity index (χ0) is 19.2. The minimum atomic E-state index is -1.09. The van der Waals surface area contributed by atoms with Crippen LogP contribution < -0.4 is 10.6 Å². The second kappa shape index (κ2) is 8.46. The number of fused-ring (bicyclic) bond motifs is 1. The predicted molar refractivity (Wildman–Crippen MR) is 98.5 cm³/mol. The Morgan fingerprint density at radius 3 is 2.59 bits per heavy atom. The Morgan fingerprint density at radius 1 is 1.07 bits per heavy atom. The molecule has 1 aliphatic rings. The average molecular weight is 368 g/mol. The molecule has 0 spiro atoms. The molecule has 0 saturated carbocycles. The van der Waals surface area contributed by atoms with E-state index in [0.29, 0.717) is 24.5 Å². The van der Waals surface area contributed by atoms with Crippen molar-refractivity contribution in [1.29, 1.82) is 0 Å². The van der Waals surface area contributed by atoms with E-state index in [1.54, 1.807) is 30.3 Å². The summed E-state index contributed by atoms with van der Waals surface area (Å²) in [5.41, 5.74) is 4.00. The first-order valence-electron chi connectivity index (χ1n) is 8.60. The van der Waals surface area contributed by atoms with Crippen molar-refractivity contribution in [3.63, 3.8) is 0 Å². The van der Waals surface area contributed by atoms with Gasteiger partial charge in [-0.05, 0) is 41.3 Å². The van der Waals surface area contributed by atoms with Gasteiger partial charge >= 0.3 is 5.97 Å². The summed E-state index contributed by atoms with van der Waals surface area (Å²) in [5.74, 6) is -1.66. The molecule has 7 nitrogen and oxygen atoms in total. The van der Waals surface area contributed by atoms with E-state index in [2.05, 4.69) is 10.6 Å². The van der Waals surface area contributed by atoms with E-state index < -0.39 is 12.5 Å². The average Bonchev–Trinajstić information content (AvgIpc) is 2.67. The molecule has 0 unspecified atom stereocenters. The molecular weight excluding hydrogens is 348 g/mol. The van der Waals surface area contributed by atoms with Crippen molar-refractivity contribution in [2.75, 3.05) is 18.5 Å². The monoisotopic (exact) mass is 368 g/mol. The molecule has 140 valence electrons. The first-order valence-corrected chi connectivity index (χ1v) is 8.60. The van der Waals surface area contributed by atoms with E-state index in [1.807, 2.05) is 12.1 Å². The maximum Gasteiger partial charge on any atom is 0.322 e. The van der Waals surface area contributed by atoms with Gasteiger partial charge in [0.25, 0.3) is 5.91 Å². The smallest absolute Gasteiger partial charge is 0.322 e. The fourth-order valence-electron chi connectivity index (χ4n) is 2.93. The molecule has 7 heteroatoms. The van der Waals surface area contributed by atoms with Crippen LogP contribution >= 0.6 is 0 Å². The van der Waals surface area contributed by atoms with Crippen LogP contribution in [0.4, 0.5) is 5.69 Å². The summed E-state index contributed by atoms with van der Waals surface area (Å²) in [5, 5.41) is 13.7. The number of benzene rings is 2. The number of carboxylic acids is 1. The van der Waals surface area contributed by atoms with Crippen LogP contribution in [0.15, 0.2) is 42.5 Å². The third kappa shape index (κ3) is 4.92. The van der Waals surface area contributed by atoms with Crippen molar-refractivity contribution in [2.24, 2.45) is 0 Å². The van der Waals surface area contributed by atoms with E-state index in [1.165, 1.54) is 0 Å². The fraction of sp³-hybridized carbons (Fsp3) is 0.250. The van der Waals surface area contributed by atoms with Gasteiger partial charge in [-0.15, -0.1) is 0 Å². The van der Waals surface area contributed by atoms with Gasteiger partial charge in [0.15, 0.2) is 0 Å². The summed E-state index contributed by atoms with van der Waals surface area (Å²) in [7, 11) is 0. The summed E-state index contributed by atoms with van der Waals surface area (Å²) >= 11 is 0. The summed E-state index contributed by atoms with van der Waals surface area (Å²) in [6.45, 7) is 0.695. The molecule has 0 saturated heterocycles. The highest BCUT2D eigenvalue weighted by molar-refractivity contribution is 6.05. The van der Waals surface area contributed by atoms with Crippen molar-refractivity contribution in [3.05, 3.63) is 64.7 Å². The minimum absolute atomic E-state index is 0.0744. The quantitative estimate of drug-likeness (QED) is 0.721. The van der Waals surface area contributed by atoms with E-state index in [4.69, 9.17) is 9.84 Å². The second-order valence-electron chi connectivity index (χ2n) is 6.24. The number of anilines is 1. The van der Waals surface area contributed by atoms with E-state index in [9.17, 15) is 14.4 Å². The van der Waals surface area contributed by atoms with Gasteiger partial charge in [-0.3, -0.25) is 14.4 Å². The topological polar surface area (TPSA) is 105 Å².